The number of nitrogens with zero attached hydrogens (tertiary/aromatic N) is 5. The number of amides is 1. The third kappa shape index (κ3) is 4.15. The minimum atomic E-state index is -0.159. The molecule has 152 valence electrons. The molecule has 0 aliphatic heterocycles. The molecule has 1 aliphatic carbocycles. The zero-order chi connectivity index (χ0) is 20.9. The first kappa shape index (κ1) is 20.3. The zero-order valence-corrected chi connectivity index (χ0v) is 17.9. The average Bonchev–Trinajstić information content (AvgIpc) is 3.33. The zero-order valence-electron chi connectivity index (χ0n) is 16.3. The van der Waals surface area contributed by atoms with Gasteiger partial charge in [0.25, 0.3) is 0 Å². The molecule has 0 saturated carbocycles. The van der Waals surface area contributed by atoms with Crippen molar-refractivity contribution in [1.82, 2.24) is 19.7 Å². The monoisotopic (exact) mass is 436 g/mol. The highest BCUT2D eigenvalue weighted by Gasteiger charge is 2.22. The Hall–Kier alpha value is -2.96. The number of fused-ring (bicyclic) bond motifs is 1. The van der Waals surface area contributed by atoms with Gasteiger partial charge in [0.1, 0.15) is 11.1 Å². The van der Waals surface area contributed by atoms with Crippen LogP contribution in [0.25, 0.3) is 11.4 Å². The van der Waals surface area contributed by atoms with Gasteiger partial charge in [0, 0.05) is 29.4 Å². The highest BCUT2D eigenvalue weighted by Crippen LogP contribution is 2.37. The van der Waals surface area contributed by atoms with E-state index in [1.165, 1.54) is 28.0 Å². The summed E-state index contributed by atoms with van der Waals surface area (Å²) in [5, 5.41) is 22.3. The molecule has 1 amide bonds. The Morgan fingerprint density at radius 1 is 1.33 bits per heavy atom. The molecule has 7 nitrogen and oxygen atoms in total. The number of nitriles is 1. The number of aromatic nitrogens is 4. The first-order chi connectivity index (χ1) is 14.7. The van der Waals surface area contributed by atoms with E-state index in [4.69, 9.17) is 0 Å². The van der Waals surface area contributed by atoms with Crippen LogP contribution < -0.4 is 5.32 Å². The Balaban J connectivity index is 1.47. The van der Waals surface area contributed by atoms with Crippen LogP contribution in [0.5, 0.6) is 0 Å². The van der Waals surface area contributed by atoms with Gasteiger partial charge in [-0.2, -0.15) is 5.26 Å². The molecule has 9 heteroatoms. The van der Waals surface area contributed by atoms with E-state index in [2.05, 4.69) is 33.1 Å². The first-order valence-corrected chi connectivity index (χ1v) is 11.4. The smallest absolute Gasteiger partial charge is 0.235 e. The van der Waals surface area contributed by atoms with Gasteiger partial charge in [-0.1, -0.05) is 17.8 Å². The topological polar surface area (TPSA) is 96.5 Å². The third-order valence-corrected chi connectivity index (χ3v) is 7.01. The largest absolute Gasteiger partial charge is 0.316 e. The van der Waals surface area contributed by atoms with Crippen molar-refractivity contribution in [3.63, 3.8) is 0 Å². The highest BCUT2D eigenvalue weighted by atomic mass is 32.2. The van der Waals surface area contributed by atoms with Gasteiger partial charge in [0.2, 0.25) is 5.91 Å². The lowest BCUT2D eigenvalue weighted by Gasteiger charge is -2.09. The Kier molecular flexibility index (Phi) is 6.26. The molecule has 0 fully saturated rings. The molecule has 0 atom stereocenters. The van der Waals surface area contributed by atoms with Gasteiger partial charge in [-0.3, -0.25) is 14.3 Å². The fourth-order valence-corrected chi connectivity index (χ4v) is 5.47. The van der Waals surface area contributed by atoms with Crippen LogP contribution in [0.1, 0.15) is 28.8 Å². The van der Waals surface area contributed by atoms with E-state index in [-0.39, 0.29) is 11.7 Å². The number of thiophene rings is 1. The first-order valence-electron chi connectivity index (χ1n) is 9.63. The Morgan fingerprint density at radius 2 is 2.13 bits per heavy atom. The molecule has 3 aromatic rings. The molecule has 0 saturated heterocycles. The van der Waals surface area contributed by atoms with Gasteiger partial charge in [0.05, 0.1) is 11.3 Å². The molecule has 0 radical (unpaired) electrons. The van der Waals surface area contributed by atoms with E-state index in [1.807, 2.05) is 16.7 Å². The van der Waals surface area contributed by atoms with Crippen molar-refractivity contribution in [2.24, 2.45) is 0 Å². The average molecular weight is 437 g/mol. The van der Waals surface area contributed by atoms with Crippen LogP contribution in [0.4, 0.5) is 5.00 Å². The Labute approximate surface area is 182 Å². The number of aryl methyl sites for hydroxylation is 1. The lowest BCUT2D eigenvalue weighted by atomic mass is 9.96. The number of nitrogens with one attached hydrogen (secondary N) is 1. The summed E-state index contributed by atoms with van der Waals surface area (Å²) in [5.41, 5.74) is 2.64. The maximum absolute atomic E-state index is 12.6. The number of pyridine rings is 1. The summed E-state index contributed by atoms with van der Waals surface area (Å²) < 4.78 is 1.92. The minimum Gasteiger partial charge on any atom is -0.316 e. The van der Waals surface area contributed by atoms with Crippen molar-refractivity contribution in [1.29, 1.82) is 5.26 Å². The number of allylic oxidation sites excluding steroid dienone is 1. The maximum Gasteiger partial charge on any atom is 0.235 e. The minimum absolute atomic E-state index is 0.159. The van der Waals surface area contributed by atoms with Crippen LogP contribution in [0.2, 0.25) is 0 Å². The predicted octanol–water partition coefficient (Wildman–Crippen LogP) is 4.07. The lowest BCUT2D eigenvalue weighted by Crippen LogP contribution is -2.14. The fraction of sp³-hybridized carbons (Fsp3) is 0.286. The van der Waals surface area contributed by atoms with E-state index < -0.39 is 0 Å². The number of hydrogen-bond acceptors (Lipinski definition) is 7. The predicted molar refractivity (Wildman–Crippen MR) is 118 cm³/mol. The molecule has 0 aromatic carbocycles. The standard InChI is InChI=1S/C21H20N6OS2/c1-2-11-27-19(14-7-9-23-10-8-14)25-26-21(27)29-13-18(28)24-20-16(12-22)15-5-3-4-6-17(15)30-20/h2,7-10H,1,3-6,11,13H2,(H,24,28). The summed E-state index contributed by atoms with van der Waals surface area (Å²) >= 11 is 2.85. The van der Waals surface area contributed by atoms with Crippen LogP contribution in [0, 0.1) is 11.3 Å². The van der Waals surface area contributed by atoms with Crippen molar-refractivity contribution >= 4 is 34.0 Å². The van der Waals surface area contributed by atoms with Crippen molar-refractivity contribution in [2.45, 2.75) is 37.4 Å². The molecule has 1 aliphatic rings. The molecule has 3 aromatic heterocycles. The van der Waals surface area contributed by atoms with E-state index in [0.717, 1.165) is 36.8 Å². The van der Waals surface area contributed by atoms with Crippen LogP contribution in [0.15, 0.2) is 42.3 Å². The fourth-order valence-electron chi connectivity index (χ4n) is 3.47. The van der Waals surface area contributed by atoms with Crippen LogP contribution in [0.3, 0.4) is 0 Å². The summed E-state index contributed by atoms with van der Waals surface area (Å²) in [4.78, 5) is 17.9. The van der Waals surface area contributed by atoms with Crippen molar-refractivity contribution in [2.75, 3.05) is 11.1 Å². The second-order valence-electron chi connectivity index (χ2n) is 6.81. The Bertz CT molecular complexity index is 1110. The molecule has 4 rings (SSSR count). The number of rotatable bonds is 7. The number of carbonyl (C=O) groups excluding carboxylic acids is 1. The molecule has 3 heterocycles. The highest BCUT2D eigenvalue weighted by molar-refractivity contribution is 7.99. The van der Waals surface area contributed by atoms with Crippen LogP contribution in [-0.4, -0.2) is 31.4 Å². The summed E-state index contributed by atoms with van der Waals surface area (Å²) in [6.07, 6.45) is 9.32. The molecular formula is C21H20N6OS2. The second kappa shape index (κ2) is 9.24. The van der Waals surface area contributed by atoms with Gasteiger partial charge in [-0.25, -0.2) is 0 Å². The second-order valence-corrected chi connectivity index (χ2v) is 8.85. The molecule has 0 bridgehead atoms. The Morgan fingerprint density at radius 3 is 2.90 bits per heavy atom. The summed E-state index contributed by atoms with van der Waals surface area (Å²) in [7, 11) is 0. The molecular weight excluding hydrogens is 416 g/mol. The quantitative estimate of drug-likeness (QED) is 0.443. The molecule has 1 N–H and O–H groups in total. The molecule has 0 unspecified atom stereocenters. The van der Waals surface area contributed by atoms with Gasteiger partial charge < -0.3 is 5.32 Å². The van der Waals surface area contributed by atoms with Gasteiger partial charge >= 0.3 is 0 Å². The van der Waals surface area contributed by atoms with E-state index in [1.54, 1.807) is 18.5 Å². The number of thioether (sulfide) groups is 1. The van der Waals surface area contributed by atoms with Crippen molar-refractivity contribution < 1.29 is 4.79 Å². The molecule has 0 spiro atoms. The summed E-state index contributed by atoms with van der Waals surface area (Å²) in [5.74, 6) is 0.727. The number of hydrogen-bond donors (Lipinski definition) is 1. The van der Waals surface area contributed by atoms with Crippen LogP contribution in [-0.2, 0) is 24.2 Å². The number of carbonyl (C=O) groups is 1. The number of anilines is 1. The van der Waals surface area contributed by atoms with Crippen molar-refractivity contribution in [3.8, 4) is 17.5 Å². The van der Waals surface area contributed by atoms with Gasteiger partial charge in [-0.05, 0) is 43.4 Å². The lowest BCUT2D eigenvalue weighted by molar-refractivity contribution is -0.113. The normalized spacial score (nSPS) is 12.8. The van der Waals surface area contributed by atoms with Crippen LogP contribution >= 0.6 is 23.1 Å². The summed E-state index contributed by atoms with van der Waals surface area (Å²) in [6, 6.07) is 6.01. The third-order valence-electron chi connectivity index (χ3n) is 4.84. The van der Waals surface area contributed by atoms with E-state index in [9.17, 15) is 10.1 Å². The van der Waals surface area contributed by atoms with E-state index in [0.29, 0.717) is 28.1 Å². The maximum atomic E-state index is 12.6. The molecule has 30 heavy (non-hydrogen) atoms. The van der Waals surface area contributed by atoms with Gasteiger partial charge in [0.15, 0.2) is 11.0 Å². The SMILES string of the molecule is C=CCn1c(SCC(=O)Nc2sc3c(c2C#N)CCCC3)nnc1-c1ccncc1. The van der Waals surface area contributed by atoms with Crippen molar-refractivity contribution in [3.05, 3.63) is 53.2 Å². The van der Waals surface area contributed by atoms with E-state index >= 15 is 0 Å². The van der Waals surface area contributed by atoms with Gasteiger partial charge in [-0.15, -0.1) is 28.1 Å². The summed E-state index contributed by atoms with van der Waals surface area (Å²) in [6.45, 7) is 4.34.